The summed E-state index contributed by atoms with van der Waals surface area (Å²) in [4.78, 5) is 16.9. The number of nitrogens with one attached hydrogen (secondary N) is 1. The molecule has 4 nitrogen and oxygen atoms in total. The number of pyridine rings is 1. The average Bonchev–Trinajstić information content (AvgIpc) is 2.45. The molecule has 0 spiro atoms. The third-order valence-corrected chi connectivity index (χ3v) is 3.91. The maximum atomic E-state index is 12.4. The summed E-state index contributed by atoms with van der Waals surface area (Å²) in [5, 5.41) is 13.0. The number of carbonyl (C=O) groups excluding carboxylic acids is 1. The number of benzene rings is 1. The van der Waals surface area contributed by atoms with E-state index in [1.165, 1.54) is 0 Å². The standard InChI is InChI=1S/C17H22N2O2/c1-10-5-6-14-8-15(13(4)18-16(14)7-10)17(21)19-12(3)11(2)9-20/h5-8,11-12,20H,9H2,1-4H3,(H,19,21). The van der Waals surface area contributed by atoms with E-state index in [0.717, 1.165) is 22.2 Å². The number of hydrogen-bond donors (Lipinski definition) is 2. The zero-order valence-corrected chi connectivity index (χ0v) is 13.0. The summed E-state index contributed by atoms with van der Waals surface area (Å²) >= 11 is 0. The van der Waals surface area contributed by atoms with E-state index in [9.17, 15) is 4.79 Å². The molecule has 1 heterocycles. The highest BCUT2D eigenvalue weighted by atomic mass is 16.3. The van der Waals surface area contributed by atoms with Crippen LogP contribution in [0.25, 0.3) is 10.9 Å². The molecule has 2 rings (SSSR count). The second kappa shape index (κ2) is 6.22. The lowest BCUT2D eigenvalue weighted by atomic mass is 10.0. The number of aliphatic hydroxyl groups excluding tert-OH is 1. The molecule has 0 radical (unpaired) electrons. The molecule has 0 saturated heterocycles. The first kappa shape index (κ1) is 15.4. The van der Waals surface area contributed by atoms with E-state index >= 15 is 0 Å². The topological polar surface area (TPSA) is 62.2 Å². The fourth-order valence-electron chi connectivity index (χ4n) is 2.19. The quantitative estimate of drug-likeness (QED) is 0.908. The maximum Gasteiger partial charge on any atom is 0.253 e. The molecule has 0 aliphatic carbocycles. The van der Waals surface area contributed by atoms with Crippen molar-refractivity contribution in [3.8, 4) is 0 Å². The Labute approximate surface area is 125 Å². The highest BCUT2D eigenvalue weighted by molar-refractivity contribution is 5.98. The van der Waals surface area contributed by atoms with Crippen LogP contribution >= 0.6 is 0 Å². The Morgan fingerprint density at radius 2 is 2.00 bits per heavy atom. The van der Waals surface area contributed by atoms with Crippen LogP contribution in [-0.2, 0) is 0 Å². The van der Waals surface area contributed by atoms with Gasteiger partial charge in [-0.15, -0.1) is 0 Å². The summed E-state index contributed by atoms with van der Waals surface area (Å²) in [5.41, 5.74) is 3.36. The van der Waals surface area contributed by atoms with E-state index in [0.29, 0.717) is 5.56 Å². The van der Waals surface area contributed by atoms with Crippen LogP contribution in [0.2, 0.25) is 0 Å². The molecule has 2 aromatic rings. The van der Waals surface area contributed by atoms with Gasteiger partial charge in [0, 0.05) is 18.0 Å². The summed E-state index contributed by atoms with van der Waals surface area (Å²) in [6.45, 7) is 7.71. The van der Waals surface area contributed by atoms with E-state index in [1.807, 2.05) is 52.0 Å². The summed E-state index contributed by atoms with van der Waals surface area (Å²) in [7, 11) is 0. The third kappa shape index (κ3) is 3.39. The van der Waals surface area contributed by atoms with Crippen LogP contribution < -0.4 is 5.32 Å². The molecule has 0 bridgehead atoms. The van der Waals surface area contributed by atoms with Crippen molar-refractivity contribution in [1.82, 2.24) is 10.3 Å². The van der Waals surface area contributed by atoms with Gasteiger partial charge in [-0.1, -0.05) is 19.1 Å². The van der Waals surface area contributed by atoms with Crippen molar-refractivity contribution in [1.29, 1.82) is 0 Å². The molecule has 1 aromatic carbocycles. The van der Waals surface area contributed by atoms with Crippen molar-refractivity contribution in [3.05, 3.63) is 41.1 Å². The number of rotatable bonds is 4. The van der Waals surface area contributed by atoms with Crippen molar-refractivity contribution < 1.29 is 9.90 Å². The molecular weight excluding hydrogens is 264 g/mol. The first-order valence-electron chi connectivity index (χ1n) is 7.22. The van der Waals surface area contributed by atoms with Gasteiger partial charge in [0.15, 0.2) is 0 Å². The average molecular weight is 286 g/mol. The molecular formula is C17H22N2O2. The van der Waals surface area contributed by atoms with Crippen LogP contribution in [0.5, 0.6) is 0 Å². The molecule has 21 heavy (non-hydrogen) atoms. The van der Waals surface area contributed by atoms with Crippen LogP contribution in [0, 0.1) is 19.8 Å². The van der Waals surface area contributed by atoms with E-state index < -0.39 is 0 Å². The Hall–Kier alpha value is -1.94. The van der Waals surface area contributed by atoms with Gasteiger partial charge in [0.1, 0.15) is 0 Å². The minimum Gasteiger partial charge on any atom is -0.396 e. The second-order valence-corrected chi connectivity index (χ2v) is 5.74. The molecule has 2 unspecified atom stereocenters. The fourth-order valence-corrected chi connectivity index (χ4v) is 2.19. The van der Waals surface area contributed by atoms with Crippen molar-refractivity contribution in [3.63, 3.8) is 0 Å². The number of hydrogen-bond acceptors (Lipinski definition) is 3. The molecule has 2 N–H and O–H groups in total. The van der Waals surface area contributed by atoms with Crippen LogP contribution in [-0.4, -0.2) is 28.6 Å². The minimum absolute atomic E-state index is 0.0188. The van der Waals surface area contributed by atoms with E-state index in [4.69, 9.17) is 5.11 Å². The predicted octanol–water partition coefficient (Wildman–Crippen LogP) is 2.60. The Bertz CT molecular complexity index is 667. The number of amides is 1. The van der Waals surface area contributed by atoms with Gasteiger partial charge in [0.25, 0.3) is 5.91 Å². The van der Waals surface area contributed by atoms with E-state index in [1.54, 1.807) is 0 Å². The van der Waals surface area contributed by atoms with Crippen molar-refractivity contribution >= 4 is 16.8 Å². The number of aliphatic hydroxyl groups is 1. The normalized spacial score (nSPS) is 14.0. The van der Waals surface area contributed by atoms with E-state index in [2.05, 4.69) is 10.3 Å². The monoisotopic (exact) mass is 286 g/mol. The molecule has 2 atom stereocenters. The summed E-state index contributed by atoms with van der Waals surface area (Å²) in [5.74, 6) is -0.124. The summed E-state index contributed by atoms with van der Waals surface area (Å²) in [6, 6.07) is 7.80. The number of aromatic nitrogens is 1. The molecule has 1 amide bonds. The zero-order valence-electron chi connectivity index (χ0n) is 13.0. The second-order valence-electron chi connectivity index (χ2n) is 5.74. The van der Waals surface area contributed by atoms with Crippen LogP contribution in [0.4, 0.5) is 0 Å². The number of carbonyl (C=O) groups is 1. The van der Waals surface area contributed by atoms with Crippen molar-refractivity contribution in [2.45, 2.75) is 33.7 Å². The van der Waals surface area contributed by atoms with Gasteiger partial charge in [-0.3, -0.25) is 9.78 Å². The number of nitrogens with zero attached hydrogens (tertiary/aromatic N) is 1. The van der Waals surface area contributed by atoms with Gasteiger partial charge < -0.3 is 10.4 Å². The zero-order chi connectivity index (χ0) is 15.6. The van der Waals surface area contributed by atoms with Gasteiger partial charge in [-0.25, -0.2) is 0 Å². The van der Waals surface area contributed by atoms with E-state index in [-0.39, 0.29) is 24.5 Å². The summed E-state index contributed by atoms with van der Waals surface area (Å²) in [6.07, 6.45) is 0. The Morgan fingerprint density at radius 3 is 2.67 bits per heavy atom. The summed E-state index contributed by atoms with van der Waals surface area (Å²) < 4.78 is 0. The molecule has 0 aliphatic rings. The van der Waals surface area contributed by atoms with Gasteiger partial charge in [0.05, 0.1) is 16.8 Å². The highest BCUT2D eigenvalue weighted by Crippen LogP contribution is 2.18. The minimum atomic E-state index is -0.143. The lowest BCUT2D eigenvalue weighted by Gasteiger charge is -2.19. The molecule has 0 saturated carbocycles. The van der Waals surface area contributed by atoms with Crippen LogP contribution in [0.3, 0.4) is 0 Å². The predicted molar refractivity (Wildman–Crippen MR) is 84.4 cm³/mol. The fraction of sp³-hybridized carbons (Fsp3) is 0.412. The van der Waals surface area contributed by atoms with Gasteiger partial charge in [-0.2, -0.15) is 0 Å². The van der Waals surface area contributed by atoms with Crippen molar-refractivity contribution in [2.24, 2.45) is 5.92 Å². The van der Waals surface area contributed by atoms with Gasteiger partial charge >= 0.3 is 0 Å². The van der Waals surface area contributed by atoms with Crippen molar-refractivity contribution in [2.75, 3.05) is 6.61 Å². The molecule has 112 valence electrons. The van der Waals surface area contributed by atoms with Gasteiger partial charge in [0.2, 0.25) is 0 Å². The Kier molecular flexibility index (Phi) is 4.58. The highest BCUT2D eigenvalue weighted by Gasteiger charge is 2.17. The Morgan fingerprint density at radius 1 is 1.29 bits per heavy atom. The maximum absolute atomic E-state index is 12.4. The Balaban J connectivity index is 2.31. The molecule has 0 aliphatic heterocycles. The number of fused-ring (bicyclic) bond motifs is 1. The third-order valence-electron chi connectivity index (χ3n) is 3.91. The molecule has 0 fully saturated rings. The van der Waals surface area contributed by atoms with Crippen LogP contribution in [0.15, 0.2) is 24.3 Å². The van der Waals surface area contributed by atoms with Gasteiger partial charge in [-0.05, 0) is 44.4 Å². The molecule has 4 heteroatoms. The lowest BCUT2D eigenvalue weighted by molar-refractivity contribution is 0.0915. The first-order chi connectivity index (χ1) is 9.92. The largest absolute Gasteiger partial charge is 0.396 e. The lowest BCUT2D eigenvalue weighted by Crippen LogP contribution is -2.38. The first-order valence-corrected chi connectivity index (χ1v) is 7.22. The molecule has 1 aromatic heterocycles. The van der Waals surface area contributed by atoms with Crippen LogP contribution in [0.1, 0.15) is 35.5 Å². The SMILES string of the molecule is Cc1ccc2cc(C(=O)NC(C)C(C)CO)c(C)nc2c1. The smallest absolute Gasteiger partial charge is 0.253 e. The number of aryl methyl sites for hydroxylation is 2.